The van der Waals surface area contributed by atoms with Gasteiger partial charge in [0.15, 0.2) is 11.6 Å². The summed E-state index contributed by atoms with van der Waals surface area (Å²) in [5, 5.41) is 6.15. The number of allylic oxidation sites excluding steroid dienone is 1. The normalized spacial score (nSPS) is 30.9. The molecule has 6 aliphatic rings. The van der Waals surface area contributed by atoms with Crippen LogP contribution in [0.15, 0.2) is 24.3 Å². The molecule has 0 bridgehead atoms. The highest BCUT2D eigenvalue weighted by Crippen LogP contribution is 2.48. The molecular formula is C41H51F2N5O8S. The van der Waals surface area contributed by atoms with Gasteiger partial charge in [-0.15, -0.1) is 0 Å². The van der Waals surface area contributed by atoms with Crippen molar-refractivity contribution in [3.63, 3.8) is 0 Å². The number of benzene rings is 1. The Morgan fingerprint density at radius 1 is 1.04 bits per heavy atom. The number of ether oxygens (including phenoxy) is 2. The molecule has 308 valence electrons. The molecule has 3 saturated carbocycles. The highest BCUT2D eigenvalue weighted by molar-refractivity contribution is 7.91. The number of aryl methyl sites for hydroxylation is 2. The van der Waals surface area contributed by atoms with E-state index in [2.05, 4.69) is 20.3 Å². The summed E-state index contributed by atoms with van der Waals surface area (Å²) < 4.78 is 68.8. The number of rotatable bonds is 6. The number of fused-ring (bicyclic) bond motifs is 5. The Labute approximate surface area is 331 Å². The van der Waals surface area contributed by atoms with Crippen LogP contribution in [0.2, 0.25) is 0 Å². The predicted molar refractivity (Wildman–Crippen MR) is 204 cm³/mol. The van der Waals surface area contributed by atoms with Gasteiger partial charge in [0.25, 0.3) is 5.91 Å². The van der Waals surface area contributed by atoms with Crippen molar-refractivity contribution < 1.29 is 45.9 Å². The van der Waals surface area contributed by atoms with E-state index in [-0.39, 0.29) is 36.9 Å². The monoisotopic (exact) mass is 811 g/mol. The third-order valence-corrected chi connectivity index (χ3v) is 15.6. The van der Waals surface area contributed by atoms with Crippen LogP contribution in [0.5, 0.6) is 5.75 Å². The first-order chi connectivity index (χ1) is 27.0. The maximum Gasteiger partial charge on any atom is 0.407 e. The number of pyridine rings is 1. The lowest BCUT2D eigenvalue weighted by molar-refractivity contribution is -0.144. The molecule has 1 spiro atoms. The van der Waals surface area contributed by atoms with Crippen molar-refractivity contribution in [3.05, 3.63) is 47.2 Å². The van der Waals surface area contributed by atoms with Gasteiger partial charge in [-0.2, -0.15) is 0 Å². The highest BCUT2D eigenvalue weighted by Gasteiger charge is 2.59. The van der Waals surface area contributed by atoms with Crippen LogP contribution in [-0.4, -0.2) is 83.2 Å². The van der Waals surface area contributed by atoms with Gasteiger partial charge >= 0.3 is 6.09 Å². The first-order valence-corrected chi connectivity index (χ1v) is 21.7. The fourth-order valence-corrected chi connectivity index (χ4v) is 10.2. The lowest BCUT2D eigenvalue weighted by atomic mass is 9.65. The van der Waals surface area contributed by atoms with Crippen molar-refractivity contribution >= 4 is 44.7 Å². The molecule has 0 radical (unpaired) electrons. The summed E-state index contributed by atoms with van der Waals surface area (Å²) in [5.74, 6) is -4.14. The topological polar surface area (TPSA) is 173 Å². The molecule has 13 nitrogen and oxygen atoms in total. The number of nitrogens with one attached hydrogen (secondary N) is 3. The standard InChI is InChI=1S/C41H51F2N5O8S/c1-24-33-26(27-19-28(42)29(43)20-31(27)44-24)12-13-40(56-33)21-32-34(49)46-41(36(51)47-57(53,54)39(3)17-18-39)14-11-25(41)9-7-5-4-6-8-10-30(35(50)48(32)22-40)45-37(52)55-23-38(2)15-16-38/h7,9,19-20,25,30,32H,4-6,8,10-18,21-23H2,1-3H3,(H,45,52)(H,46,49)(H,47,51)/b9-7-/t25-,30+,32+,40-,41-/m1/s1. The van der Waals surface area contributed by atoms with E-state index in [0.29, 0.717) is 73.8 Å². The molecule has 1 aromatic heterocycles. The Balaban J connectivity index is 1.14. The number of sulfonamides is 1. The lowest BCUT2D eigenvalue weighted by Gasteiger charge is -2.48. The third-order valence-electron chi connectivity index (χ3n) is 13.4. The number of carbonyl (C=O) groups is 4. The average molecular weight is 812 g/mol. The minimum Gasteiger partial charge on any atom is -0.483 e. The molecule has 1 saturated heterocycles. The fraction of sp³-hybridized carbons (Fsp3) is 0.634. The van der Waals surface area contributed by atoms with E-state index in [1.54, 1.807) is 13.8 Å². The average Bonchev–Trinajstić information content (AvgIpc) is 4.06. The smallest absolute Gasteiger partial charge is 0.407 e. The molecule has 8 rings (SSSR count). The number of aromatic nitrogens is 1. The Morgan fingerprint density at radius 2 is 1.79 bits per heavy atom. The number of nitrogens with zero attached hydrogens (tertiary/aromatic N) is 2. The SMILES string of the molecule is Cc1nc2cc(F)c(F)cc2c2c1O[C@]1(CC2)C[C@H]2C(=O)N[C@]3(C(=O)NS(=O)(=O)C4(C)CC4)CC[C@H]3/C=C\CCCCC[C@H](NC(=O)OCC3(C)CC3)C(=O)N2C1. The van der Waals surface area contributed by atoms with E-state index >= 15 is 0 Å². The molecule has 2 aromatic rings. The number of hydrogen-bond acceptors (Lipinski definition) is 9. The Morgan fingerprint density at radius 3 is 2.49 bits per heavy atom. The molecule has 4 fully saturated rings. The molecule has 5 atom stereocenters. The fourth-order valence-electron chi connectivity index (χ4n) is 8.84. The molecule has 57 heavy (non-hydrogen) atoms. The van der Waals surface area contributed by atoms with Crippen molar-refractivity contribution in [3.8, 4) is 5.75 Å². The van der Waals surface area contributed by atoms with E-state index in [4.69, 9.17) is 9.47 Å². The largest absolute Gasteiger partial charge is 0.483 e. The van der Waals surface area contributed by atoms with Crippen LogP contribution in [0, 0.1) is 29.9 Å². The van der Waals surface area contributed by atoms with E-state index < -0.39 is 79.4 Å². The van der Waals surface area contributed by atoms with Crippen LogP contribution in [-0.2, 0) is 35.6 Å². The van der Waals surface area contributed by atoms with E-state index in [0.717, 1.165) is 37.8 Å². The zero-order valence-corrected chi connectivity index (χ0v) is 33.5. The lowest BCUT2D eigenvalue weighted by Crippen LogP contribution is -2.70. The van der Waals surface area contributed by atoms with Crippen molar-refractivity contribution in [2.24, 2.45) is 11.3 Å². The summed E-state index contributed by atoms with van der Waals surface area (Å²) in [6.45, 7) is 5.46. The van der Waals surface area contributed by atoms with Gasteiger partial charge in [0, 0.05) is 34.8 Å². The summed E-state index contributed by atoms with van der Waals surface area (Å²) in [7, 11) is -4.04. The van der Waals surface area contributed by atoms with Gasteiger partial charge in [0.1, 0.15) is 29.0 Å². The number of halogens is 2. The van der Waals surface area contributed by atoms with Gasteiger partial charge in [-0.1, -0.05) is 31.9 Å². The van der Waals surface area contributed by atoms with E-state index in [1.165, 1.54) is 4.90 Å². The van der Waals surface area contributed by atoms with Crippen LogP contribution in [0.3, 0.4) is 0 Å². The second kappa shape index (κ2) is 14.2. The van der Waals surface area contributed by atoms with Gasteiger partial charge < -0.3 is 25.0 Å². The molecule has 3 aliphatic heterocycles. The minimum atomic E-state index is -4.04. The van der Waals surface area contributed by atoms with Crippen molar-refractivity contribution in [2.45, 2.75) is 139 Å². The first kappa shape index (κ1) is 39.5. The summed E-state index contributed by atoms with van der Waals surface area (Å²) in [6.07, 6.45) is 10.3. The van der Waals surface area contributed by atoms with Gasteiger partial charge in [0.2, 0.25) is 21.8 Å². The van der Waals surface area contributed by atoms with Crippen molar-refractivity contribution in [1.29, 1.82) is 0 Å². The Hall–Kier alpha value is -4.34. The second-order valence-electron chi connectivity index (χ2n) is 17.9. The number of carbonyl (C=O) groups excluding carboxylic acids is 4. The highest BCUT2D eigenvalue weighted by atomic mass is 32.2. The molecule has 4 heterocycles. The van der Waals surface area contributed by atoms with Gasteiger partial charge in [-0.3, -0.25) is 19.1 Å². The quantitative estimate of drug-likeness (QED) is 0.333. The molecule has 3 N–H and O–H groups in total. The zero-order valence-electron chi connectivity index (χ0n) is 32.7. The van der Waals surface area contributed by atoms with Crippen LogP contribution in [0.25, 0.3) is 10.9 Å². The molecular weight excluding hydrogens is 761 g/mol. The Bertz CT molecular complexity index is 2170. The predicted octanol–water partition coefficient (Wildman–Crippen LogP) is 5.16. The maximum atomic E-state index is 14.8. The summed E-state index contributed by atoms with van der Waals surface area (Å²) in [4.78, 5) is 62.8. The molecule has 4 amide bonds. The van der Waals surface area contributed by atoms with Gasteiger partial charge in [0.05, 0.1) is 29.1 Å². The maximum absolute atomic E-state index is 14.8. The van der Waals surface area contributed by atoms with E-state index in [1.807, 2.05) is 19.1 Å². The van der Waals surface area contributed by atoms with Crippen LogP contribution < -0.4 is 20.1 Å². The molecule has 3 aliphatic carbocycles. The van der Waals surface area contributed by atoms with Gasteiger partial charge in [-0.25, -0.2) is 27.0 Å². The molecule has 16 heteroatoms. The van der Waals surface area contributed by atoms with Crippen LogP contribution in [0.4, 0.5) is 13.6 Å². The van der Waals surface area contributed by atoms with E-state index in [9.17, 15) is 36.4 Å². The molecule has 0 unspecified atom stereocenters. The number of amides is 4. The third kappa shape index (κ3) is 7.35. The Kier molecular flexibility index (Phi) is 9.83. The van der Waals surface area contributed by atoms with Crippen LogP contribution in [0.1, 0.15) is 109 Å². The summed E-state index contributed by atoms with van der Waals surface area (Å²) in [6, 6.07) is -0.0623. The summed E-state index contributed by atoms with van der Waals surface area (Å²) >= 11 is 0. The van der Waals surface area contributed by atoms with Crippen molar-refractivity contribution in [1.82, 2.24) is 25.2 Å². The summed E-state index contributed by atoms with van der Waals surface area (Å²) in [5.41, 5.74) is -1.45. The zero-order chi connectivity index (χ0) is 40.5. The second-order valence-corrected chi connectivity index (χ2v) is 20.1. The number of hydrogen-bond donors (Lipinski definition) is 3. The van der Waals surface area contributed by atoms with Gasteiger partial charge in [-0.05, 0) is 90.5 Å². The van der Waals surface area contributed by atoms with Crippen molar-refractivity contribution in [2.75, 3.05) is 13.2 Å². The molecule has 1 aromatic carbocycles. The van der Waals surface area contributed by atoms with Crippen LogP contribution >= 0.6 is 0 Å². The number of alkyl carbamates (subject to hydrolysis) is 1. The first-order valence-electron chi connectivity index (χ1n) is 20.2. The minimum absolute atomic E-state index is 0.00334.